The zero-order chi connectivity index (χ0) is 9.80. The van der Waals surface area contributed by atoms with E-state index in [1.54, 1.807) is 0 Å². The van der Waals surface area contributed by atoms with Gasteiger partial charge in [-0.25, -0.2) is 0 Å². The lowest BCUT2D eigenvalue weighted by molar-refractivity contribution is 0.110. The second kappa shape index (κ2) is 4.91. The average molecular weight is 211 g/mol. The van der Waals surface area contributed by atoms with Gasteiger partial charge in [0.05, 0.1) is 6.10 Å². The van der Waals surface area contributed by atoms with E-state index in [0.29, 0.717) is 6.10 Å². The summed E-state index contributed by atoms with van der Waals surface area (Å²) in [5.41, 5.74) is 1.40. The van der Waals surface area contributed by atoms with Gasteiger partial charge in [0, 0.05) is 24.6 Å². The topological polar surface area (TPSA) is 21.3 Å². The van der Waals surface area contributed by atoms with Gasteiger partial charge in [-0.05, 0) is 36.8 Å². The molecule has 1 aromatic rings. The van der Waals surface area contributed by atoms with Crippen LogP contribution < -0.4 is 5.32 Å². The summed E-state index contributed by atoms with van der Waals surface area (Å²) < 4.78 is 5.54. The Morgan fingerprint density at radius 1 is 1.64 bits per heavy atom. The van der Waals surface area contributed by atoms with Crippen LogP contribution in [0.25, 0.3) is 0 Å². The highest BCUT2D eigenvalue weighted by Gasteiger charge is 2.14. The van der Waals surface area contributed by atoms with E-state index in [1.165, 1.54) is 23.3 Å². The Morgan fingerprint density at radius 3 is 3.21 bits per heavy atom. The summed E-state index contributed by atoms with van der Waals surface area (Å²) in [7, 11) is 0. The van der Waals surface area contributed by atoms with Crippen LogP contribution in [0.2, 0.25) is 0 Å². The monoisotopic (exact) mass is 211 g/mol. The number of ether oxygens (including phenoxy) is 1. The predicted octanol–water partition coefficient (Wildman–Crippen LogP) is 2.33. The van der Waals surface area contributed by atoms with Gasteiger partial charge >= 0.3 is 0 Å². The maximum atomic E-state index is 5.54. The van der Waals surface area contributed by atoms with E-state index in [0.717, 1.165) is 19.7 Å². The summed E-state index contributed by atoms with van der Waals surface area (Å²) >= 11 is 1.83. The molecular weight excluding hydrogens is 194 g/mol. The van der Waals surface area contributed by atoms with Gasteiger partial charge in [-0.15, -0.1) is 11.3 Å². The SMILES string of the molecule is Cc1ccsc1CNC[C@H]1CCCO1. The second-order valence-electron chi connectivity index (χ2n) is 3.79. The van der Waals surface area contributed by atoms with Gasteiger partial charge in [0.25, 0.3) is 0 Å². The third kappa shape index (κ3) is 2.56. The molecule has 1 fully saturated rings. The minimum atomic E-state index is 0.454. The molecule has 1 N–H and O–H groups in total. The highest BCUT2D eigenvalue weighted by Crippen LogP contribution is 2.15. The molecule has 0 radical (unpaired) electrons. The maximum absolute atomic E-state index is 5.54. The van der Waals surface area contributed by atoms with Crippen molar-refractivity contribution in [2.45, 2.75) is 32.4 Å². The summed E-state index contributed by atoms with van der Waals surface area (Å²) in [5, 5.41) is 5.61. The Bertz CT molecular complexity index is 279. The van der Waals surface area contributed by atoms with Gasteiger partial charge in [-0.2, -0.15) is 0 Å². The van der Waals surface area contributed by atoms with Crippen LogP contribution in [-0.2, 0) is 11.3 Å². The van der Waals surface area contributed by atoms with Crippen molar-refractivity contribution in [3.05, 3.63) is 21.9 Å². The first-order chi connectivity index (χ1) is 6.86. The molecule has 0 spiro atoms. The largest absolute Gasteiger partial charge is 0.377 e. The first-order valence-corrected chi connectivity index (χ1v) is 6.09. The molecule has 1 saturated heterocycles. The van der Waals surface area contributed by atoms with Crippen molar-refractivity contribution < 1.29 is 4.74 Å². The molecule has 1 atom stereocenters. The van der Waals surface area contributed by atoms with Crippen LogP contribution in [0.5, 0.6) is 0 Å². The van der Waals surface area contributed by atoms with Crippen LogP contribution in [0.4, 0.5) is 0 Å². The molecule has 0 amide bonds. The molecular formula is C11H17NOS. The van der Waals surface area contributed by atoms with Crippen molar-refractivity contribution in [1.82, 2.24) is 5.32 Å². The molecule has 1 aliphatic rings. The molecule has 0 aliphatic carbocycles. The van der Waals surface area contributed by atoms with E-state index in [-0.39, 0.29) is 0 Å². The molecule has 0 bridgehead atoms. The van der Waals surface area contributed by atoms with Crippen molar-refractivity contribution in [2.75, 3.05) is 13.2 Å². The Balaban J connectivity index is 1.70. The third-order valence-corrected chi connectivity index (χ3v) is 3.67. The van der Waals surface area contributed by atoms with Crippen molar-refractivity contribution in [1.29, 1.82) is 0 Å². The molecule has 0 unspecified atom stereocenters. The van der Waals surface area contributed by atoms with E-state index >= 15 is 0 Å². The minimum Gasteiger partial charge on any atom is -0.377 e. The Labute approximate surface area is 89.3 Å². The fourth-order valence-electron chi connectivity index (χ4n) is 1.74. The summed E-state index contributed by atoms with van der Waals surface area (Å²) in [4.78, 5) is 1.45. The highest BCUT2D eigenvalue weighted by molar-refractivity contribution is 7.10. The van der Waals surface area contributed by atoms with Crippen LogP contribution in [0.3, 0.4) is 0 Å². The first-order valence-electron chi connectivity index (χ1n) is 5.21. The Hall–Kier alpha value is -0.380. The molecule has 2 rings (SSSR count). The second-order valence-corrected chi connectivity index (χ2v) is 4.79. The van der Waals surface area contributed by atoms with Crippen LogP contribution in [0.15, 0.2) is 11.4 Å². The molecule has 0 saturated carbocycles. The van der Waals surface area contributed by atoms with Crippen molar-refractivity contribution in [2.24, 2.45) is 0 Å². The average Bonchev–Trinajstić information content (AvgIpc) is 2.78. The lowest BCUT2D eigenvalue weighted by Gasteiger charge is -2.10. The van der Waals surface area contributed by atoms with Gasteiger partial charge in [0.2, 0.25) is 0 Å². The lowest BCUT2D eigenvalue weighted by atomic mass is 10.2. The van der Waals surface area contributed by atoms with Crippen molar-refractivity contribution in [3.63, 3.8) is 0 Å². The molecule has 2 nitrogen and oxygen atoms in total. The number of hydrogen-bond donors (Lipinski definition) is 1. The number of nitrogens with one attached hydrogen (secondary N) is 1. The Morgan fingerprint density at radius 2 is 2.57 bits per heavy atom. The first kappa shape index (κ1) is 10.1. The van der Waals surface area contributed by atoms with Crippen LogP contribution >= 0.6 is 11.3 Å². The zero-order valence-electron chi connectivity index (χ0n) is 8.58. The molecule has 3 heteroatoms. The van der Waals surface area contributed by atoms with Crippen molar-refractivity contribution >= 4 is 11.3 Å². The maximum Gasteiger partial charge on any atom is 0.0700 e. The highest BCUT2D eigenvalue weighted by atomic mass is 32.1. The smallest absolute Gasteiger partial charge is 0.0700 e. The van der Waals surface area contributed by atoms with Gasteiger partial charge in [0.15, 0.2) is 0 Å². The molecule has 1 aromatic heterocycles. The van der Waals surface area contributed by atoms with Gasteiger partial charge in [-0.1, -0.05) is 0 Å². The van der Waals surface area contributed by atoms with E-state index in [4.69, 9.17) is 4.74 Å². The fourth-order valence-corrected chi connectivity index (χ4v) is 2.61. The zero-order valence-corrected chi connectivity index (χ0v) is 9.40. The number of rotatable bonds is 4. The summed E-state index contributed by atoms with van der Waals surface area (Å²) in [6.07, 6.45) is 2.90. The van der Waals surface area contributed by atoms with E-state index < -0.39 is 0 Å². The standard InChI is InChI=1S/C11H17NOS/c1-9-4-6-14-11(9)8-12-7-10-3-2-5-13-10/h4,6,10,12H,2-3,5,7-8H2,1H3/t10-/m1/s1. The van der Waals surface area contributed by atoms with E-state index in [2.05, 4.69) is 23.7 Å². The van der Waals surface area contributed by atoms with E-state index in [9.17, 15) is 0 Å². The minimum absolute atomic E-state index is 0.454. The van der Waals surface area contributed by atoms with Gasteiger partial charge in [-0.3, -0.25) is 0 Å². The van der Waals surface area contributed by atoms with Gasteiger partial charge < -0.3 is 10.1 Å². The van der Waals surface area contributed by atoms with E-state index in [1.807, 2.05) is 11.3 Å². The van der Waals surface area contributed by atoms with Crippen molar-refractivity contribution in [3.8, 4) is 0 Å². The summed E-state index contributed by atoms with van der Waals surface area (Å²) in [6, 6.07) is 2.17. The number of aryl methyl sites for hydroxylation is 1. The Kier molecular flexibility index (Phi) is 3.56. The summed E-state index contributed by atoms with van der Waals surface area (Å²) in [5.74, 6) is 0. The molecule has 2 heterocycles. The quantitative estimate of drug-likeness (QED) is 0.825. The molecule has 1 aliphatic heterocycles. The normalized spacial score (nSPS) is 21.6. The third-order valence-electron chi connectivity index (χ3n) is 2.65. The number of thiophene rings is 1. The number of hydrogen-bond acceptors (Lipinski definition) is 3. The fraction of sp³-hybridized carbons (Fsp3) is 0.636. The molecule has 0 aromatic carbocycles. The predicted molar refractivity (Wildman–Crippen MR) is 59.7 cm³/mol. The lowest BCUT2D eigenvalue weighted by Crippen LogP contribution is -2.25. The summed E-state index contributed by atoms with van der Waals surface area (Å²) in [6.45, 7) is 5.10. The van der Waals surface area contributed by atoms with Crippen LogP contribution in [-0.4, -0.2) is 19.3 Å². The molecule has 78 valence electrons. The van der Waals surface area contributed by atoms with Crippen LogP contribution in [0.1, 0.15) is 23.3 Å². The van der Waals surface area contributed by atoms with Crippen LogP contribution in [0, 0.1) is 6.92 Å². The molecule has 14 heavy (non-hydrogen) atoms. The van der Waals surface area contributed by atoms with Gasteiger partial charge in [0.1, 0.15) is 0 Å².